The Kier molecular flexibility index (Phi) is 6.81. The smallest absolute Gasteiger partial charge is 0.240 e. The molecular formula is C31H26BrClN2O4. The molecule has 0 unspecified atom stereocenters. The summed E-state index contributed by atoms with van der Waals surface area (Å²) >= 11 is 9.79. The number of rotatable bonds is 7. The van der Waals surface area contributed by atoms with Gasteiger partial charge in [-0.15, -0.1) is 0 Å². The van der Waals surface area contributed by atoms with E-state index in [1.54, 1.807) is 60.7 Å². The first-order chi connectivity index (χ1) is 18.9. The van der Waals surface area contributed by atoms with Crippen molar-refractivity contribution in [3.8, 4) is 5.75 Å². The zero-order valence-corrected chi connectivity index (χ0v) is 23.6. The Balaban J connectivity index is 1.40. The maximum atomic E-state index is 14.1. The second-order valence-corrected chi connectivity index (χ2v) is 11.4. The maximum absolute atomic E-state index is 14.1. The Labute approximate surface area is 240 Å². The first-order valence-electron chi connectivity index (χ1n) is 13.1. The number of nitrogens with zero attached hydrogens (tertiary/aromatic N) is 2. The van der Waals surface area contributed by atoms with Gasteiger partial charge in [0.1, 0.15) is 11.8 Å². The quantitative estimate of drug-likeness (QED) is 0.174. The lowest BCUT2D eigenvalue weighted by Crippen LogP contribution is -2.48. The summed E-state index contributed by atoms with van der Waals surface area (Å²) in [5, 5.41) is 0.523. The lowest BCUT2D eigenvalue weighted by Gasteiger charge is -2.36. The minimum absolute atomic E-state index is 0.205. The van der Waals surface area contributed by atoms with Crippen molar-refractivity contribution in [3.63, 3.8) is 0 Å². The van der Waals surface area contributed by atoms with Crippen molar-refractivity contribution in [2.24, 2.45) is 11.8 Å². The fraction of sp³-hybridized carbons (Fsp3) is 0.258. The molecule has 3 aromatic carbocycles. The molecule has 2 amide bonds. The summed E-state index contributed by atoms with van der Waals surface area (Å²) in [6.07, 6.45) is 5.85. The molecule has 2 saturated heterocycles. The summed E-state index contributed by atoms with van der Waals surface area (Å²) < 4.78 is 6.60. The fourth-order valence-corrected chi connectivity index (χ4v) is 6.33. The highest BCUT2D eigenvalue weighted by molar-refractivity contribution is 9.10. The van der Waals surface area contributed by atoms with Crippen molar-refractivity contribution < 1.29 is 19.1 Å². The van der Waals surface area contributed by atoms with Gasteiger partial charge in [0.15, 0.2) is 5.78 Å². The Morgan fingerprint density at radius 1 is 0.974 bits per heavy atom. The molecule has 0 spiro atoms. The molecule has 3 aliphatic heterocycles. The van der Waals surface area contributed by atoms with Crippen LogP contribution in [0.25, 0.3) is 6.08 Å². The molecule has 0 aliphatic carbocycles. The van der Waals surface area contributed by atoms with Crippen LogP contribution in [-0.2, 0) is 9.59 Å². The number of amides is 2. The number of unbranched alkanes of at least 4 members (excludes halogenated alkanes) is 1. The third-order valence-electron chi connectivity index (χ3n) is 7.73. The van der Waals surface area contributed by atoms with Crippen LogP contribution in [-0.4, -0.2) is 36.3 Å². The predicted octanol–water partition coefficient (Wildman–Crippen LogP) is 6.55. The molecule has 0 saturated carbocycles. The van der Waals surface area contributed by atoms with E-state index in [-0.39, 0.29) is 17.6 Å². The van der Waals surface area contributed by atoms with Gasteiger partial charge in [-0.3, -0.25) is 14.4 Å². The normalized spacial score (nSPS) is 23.1. The molecule has 4 atom stereocenters. The summed E-state index contributed by atoms with van der Waals surface area (Å²) in [4.78, 5) is 45.3. The number of hydrogen-bond acceptors (Lipinski definition) is 5. The van der Waals surface area contributed by atoms with Gasteiger partial charge in [0.2, 0.25) is 11.8 Å². The van der Waals surface area contributed by atoms with E-state index in [0.29, 0.717) is 28.6 Å². The van der Waals surface area contributed by atoms with E-state index in [4.69, 9.17) is 16.3 Å². The number of hydrogen-bond donors (Lipinski definition) is 0. The second-order valence-electron chi connectivity index (χ2n) is 10.0. The highest BCUT2D eigenvalue weighted by Gasteiger charge is 2.64. The van der Waals surface area contributed by atoms with Crippen molar-refractivity contribution in [1.82, 2.24) is 0 Å². The number of Topliss-reactive ketones (excluding diaryl/α,β-unsaturated/α-hetero) is 1. The van der Waals surface area contributed by atoms with Gasteiger partial charge in [0.25, 0.3) is 0 Å². The molecule has 198 valence electrons. The second kappa shape index (κ2) is 10.3. The lowest BCUT2D eigenvalue weighted by atomic mass is 9.86. The van der Waals surface area contributed by atoms with E-state index in [2.05, 4.69) is 22.9 Å². The van der Waals surface area contributed by atoms with Crippen molar-refractivity contribution in [2.75, 3.05) is 16.4 Å². The highest BCUT2D eigenvalue weighted by atomic mass is 79.9. The van der Waals surface area contributed by atoms with Gasteiger partial charge in [0.05, 0.1) is 30.2 Å². The van der Waals surface area contributed by atoms with Crippen molar-refractivity contribution >= 4 is 62.6 Å². The topological polar surface area (TPSA) is 66.9 Å². The van der Waals surface area contributed by atoms with E-state index in [1.165, 1.54) is 4.90 Å². The van der Waals surface area contributed by atoms with Crippen LogP contribution in [0.3, 0.4) is 0 Å². The molecular weight excluding hydrogens is 580 g/mol. The van der Waals surface area contributed by atoms with E-state index in [9.17, 15) is 14.4 Å². The highest BCUT2D eigenvalue weighted by Crippen LogP contribution is 2.50. The van der Waals surface area contributed by atoms with Gasteiger partial charge in [-0.1, -0.05) is 71.2 Å². The first kappa shape index (κ1) is 25.8. The van der Waals surface area contributed by atoms with E-state index in [1.807, 2.05) is 23.1 Å². The average molecular weight is 606 g/mol. The van der Waals surface area contributed by atoms with Crippen molar-refractivity contribution in [3.05, 3.63) is 93.4 Å². The maximum Gasteiger partial charge on any atom is 0.240 e. The molecule has 8 heteroatoms. The van der Waals surface area contributed by atoms with E-state index in [0.717, 1.165) is 28.6 Å². The van der Waals surface area contributed by atoms with Crippen LogP contribution in [0.5, 0.6) is 5.75 Å². The molecule has 0 radical (unpaired) electrons. The number of fused-ring (bicyclic) bond motifs is 5. The summed E-state index contributed by atoms with van der Waals surface area (Å²) in [5.74, 6) is -1.74. The number of ketones is 1. The third kappa shape index (κ3) is 4.38. The molecule has 0 N–H and O–H groups in total. The van der Waals surface area contributed by atoms with Crippen LogP contribution < -0.4 is 14.5 Å². The van der Waals surface area contributed by atoms with Crippen LogP contribution in [0.2, 0.25) is 5.02 Å². The molecule has 3 heterocycles. The van der Waals surface area contributed by atoms with Crippen LogP contribution in [0, 0.1) is 11.8 Å². The van der Waals surface area contributed by atoms with E-state index >= 15 is 0 Å². The summed E-state index contributed by atoms with van der Waals surface area (Å²) in [7, 11) is 0. The molecule has 39 heavy (non-hydrogen) atoms. The van der Waals surface area contributed by atoms with Crippen molar-refractivity contribution in [1.29, 1.82) is 0 Å². The van der Waals surface area contributed by atoms with Crippen LogP contribution in [0.15, 0.2) is 77.3 Å². The number of imide groups is 1. The lowest BCUT2D eigenvalue weighted by molar-refractivity contribution is -0.122. The van der Waals surface area contributed by atoms with E-state index < -0.39 is 23.9 Å². The molecule has 0 aromatic heterocycles. The standard InChI is InChI=1S/C31H26BrClN2O4/c1-2-3-16-39-23-13-11-22(12-14-23)34-30(37)26-24-15-7-18-6-10-21(33)17-25(18)35(24)28(27(26)31(34)38)29(36)19-4-8-20(32)9-5-19/h4-15,17,24,26-28H,2-3,16H2,1H3/t24-,26-,27-,28+/m0/s1. The summed E-state index contributed by atoms with van der Waals surface area (Å²) in [6.45, 7) is 2.70. The first-order valence-corrected chi connectivity index (χ1v) is 14.2. The molecule has 0 bridgehead atoms. The molecule has 2 fully saturated rings. The monoisotopic (exact) mass is 604 g/mol. The summed E-state index contributed by atoms with van der Waals surface area (Å²) in [6, 6.07) is 18.3. The minimum Gasteiger partial charge on any atom is -0.494 e. The Hall–Kier alpha value is -3.42. The molecule has 3 aromatic rings. The van der Waals surface area contributed by atoms with Gasteiger partial charge in [-0.05, 0) is 60.5 Å². The van der Waals surface area contributed by atoms with Gasteiger partial charge in [-0.2, -0.15) is 0 Å². The number of ether oxygens (including phenoxy) is 1. The zero-order chi connectivity index (χ0) is 27.3. The fourth-order valence-electron chi connectivity index (χ4n) is 5.90. The van der Waals surface area contributed by atoms with Crippen LogP contribution in [0.1, 0.15) is 35.7 Å². The zero-order valence-electron chi connectivity index (χ0n) is 21.2. The number of halogens is 2. The molecule has 3 aliphatic rings. The van der Waals surface area contributed by atoms with Gasteiger partial charge in [-0.25, -0.2) is 4.90 Å². The Bertz CT molecular complexity index is 1490. The van der Waals surface area contributed by atoms with Gasteiger partial charge in [0, 0.05) is 20.7 Å². The summed E-state index contributed by atoms with van der Waals surface area (Å²) in [5.41, 5.74) is 2.60. The van der Waals surface area contributed by atoms with Gasteiger partial charge >= 0.3 is 0 Å². The SMILES string of the molecule is CCCCOc1ccc(N2C(=O)[C@@H]3[C@H](C2=O)[C@H](C(=O)c2ccc(Br)cc2)N2c4cc(Cl)ccc4C=C[C@@H]32)cc1. The number of carbonyl (C=O) groups is 3. The Morgan fingerprint density at radius 3 is 2.41 bits per heavy atom. The van der Waals surface area contributed by atoms with Crippen LogP contribution >= 0.6 is 27.5 Å². The van der Waals surface area contributed by atoms with Crippen molar-refractivity contribution in [2.45, 2.75) is 31.8 Å². The number of benzene rings is 3. The average Bonchev–Trinajstić information content (AvgIpc) is 3.42. The third-order valence-corrected chi connectivity index (χ3v) is 8.49. The minimum atomic E-state index is -0.860. The molecule has 6 nitrogen and oxygen atoms in total. The molecule has 6 rings (SSSR count). The Morgan fingerprint density at radius 2 is 1.69 bits per heavy atom. The van der Waals surface area contributed by atoms with Crippen LogP contribution in [0.4, 0.5) is 11.4 Å². The number of carbonyl (C=O) groups excluding carboxylic acids is 3. The largest absolute Gasteiger partial charge is 0.494 e. The van der Waals surface area contributed by atoms with Gasteiger partial charge < -0.3 is 9.64 Å². The predicted molar refractivity (Wildman–Crippen MR) is 155 cm³/mol. The number of anilines is 2.